The first kappa shape index (κ1) is 16.7. The molecule has 112 valence electrons. The minimum absolute atomic E-state index is 0.0365. The van der Waals surface area contributed by atoms with Gasteiger partial charge in [-0.1, -0.05) is 0 Å². The van der Waals surface area contributed by atoms with E-state index >= 15 is 0 Å². The molecule has 0 radical (unpaired) electrons. The third-order valence-corrected chi connectivity index (χ3v) is 3.35. The van der Waals surface area contributed by atoms with Gasteiger partial charge in [-0.2, -0.15) is 0 Å². The number of ketones is 1. The maximum atomic E-state index is 11.4. The van der Waals surface area contributed by atoms with E-state index in [9.17, 15) is 4.79 Å². The first-order valence-corrected chi connectivity index (χ1v) is 6.70. The van der Waals surface area contributed by atoms with Gasteiger partial charge in [0.05, 0.1) is 19.3 Å². The van der Waals surface area contributed by atoms with E-state index in [1.165, 1.54) is 0 Å². The van der Waals surface area contributed by atoms with Gasteiger partial charge >= 0.3 is 0 Å². The molecule has 20 heavy (non-hydrogen) atoms. The molecule has 0 aliphatic carbocycles. The minimum atomic E-state index is -0.189. The Morgan fingerprint density at radius 3 is 2.50 bits per heavy atom. The van der Waals surface area contributed by atoms with Crippen molar-refractivity contribution in [1.29, 1.82) is 0 Å². The molecule has 0 aliphatic heterocycles. The van der Waals surface area contributed by atoms with Gasteiger partial charge in [0.1, 0.15) is 5.75 Å². The third kappa shape index (κ3) is 4.94. The highest BCUT2D eigenvalue weighted by molar-refractivity contribution is 5.94. The molecule has 0 aromatic heterocycles. The zero-order valence-corrected chi connectivity index (χ0v) is 13.0. The Morgan fingerprint density at radius 2 is 1.95 bits per heavy atom. The Hall–Kier alpha value is -1.39. The molecule has 4 heteroatoms. The van der Waals surface area contributed by atoms with E-state index in [0.29, 0.717) is 18.8 Å². The number of benzene rings is 1. The Kier molecular flexibility index (Phi) is 6.17. The summed E-state index contributed by atoms with van der Waals surface area (Å²) in [4.78, 5) is 11.4. The number of carbonyl (C=O) groups excluding carboxylic acids is 1. The lowest BCUT2D eigenvalue weighted by molar-refractivity contribution is -0.0126. The van der Waals surface area contributed by atoms with Crippen molar-refractivity contribution in [2.75, 3.05) is 20.8 Å². The lowest BCUT2D eigenvalue weighted by atomic mass is 10.1. The average molecular weight is 280 g/mol. The summed E-state index contributed by atoms with van der Waals surface area (Å²) in [6, 6.07) is 5.38. The molecule has 0 atom stereocenters. The topological polar surface area (TPSA) is 44.8 Å². The quantitative estimate of drug-likeness (QED) is 0.542. The maximum Gasteiger partial charge on any atom is 0.159 e. The monoisotopic (exact) mass is 280 g/mol. The van der Waals surface area contributed by atoms with Crippen LogP contribution in [0.3, 0.4) is 0 Å². The highest BCUT2D eigenvalue weighted by Crippen LogP contribution is 2.21. The Balaban J connectivity index is 2.62. The van der Waals surface area contributed by atoms with E-state index in [1.54, 1.807) is 33.3 Å². The number of hydrogen-bond donors (Lipinski definition) is 0. The van der Waals surface area contributed by atoms with Gasteiger partial charge in [0, 0.05) is 24.8 Å². The van der Waals surface area contributed by atoms with Crippen LogP contribution in [0.15, 0.2) is 18.2 Å². The molecule has 0 spiro atoms. The highest BCUT2D eigenvalue weighted by Gasteiger charge is 2.16. The molecular weight excluding hydrogens is 256 g/mol. The summed E-state index contributed by atoms with van der Waals surface area (Å²) in [6.07, 6.45) is 0.804. The molecule has 0 N–H and O–H groups in total. The van der Waals surface area contributed by atoms with Crippen LogP contribution in [0.1, 0.15) is 43.1 Å². The van der Waals surface area contributed by atoms with E-state index in [4.69, 9.17) is 14.2 Å². The van der Waals surface area contributed by atoms with Gasteiger partial charge in [-0.3, -0.25) is 4.79 Å². The van der Waals surface area contributed by atoms with Gasteiger partial charge in [-0.25, -0.2) is 0 Å². The number of ether oxygens (including phenoxy) is 3. The zero-order valence-electron chi connectivity index (χ0n) is 13.0. The SMILES string of the molecule is COc1ccc(C(C)=O)cc1COCCC(C)(C)OC. The summed E-state index contributed by atoms with van der Waals surface area (Å²) in [5, 5.41) is 0. The first-order valence-electron chi connectivity index (χ1n) is 6.70. The van der Waals surface area contributed by atoms with Crippen molar-refractivity contribution in [3.8, 4) is 5.75 Å². The predicted molar refractivity (Wildman–Crippen MR) is 78.4 cm³/mol. The summed E-state index contributed by atoms with van der Waals surface area (Å²) >= 11 is 0. The van der Waals surface area contributed by atoms with Crippen molar-refractivity contribution in [2.45, 2.75) is 39.4 Å². The molecule has 0 bridgehead atoms. The first-order chi connectivity index (χ1) is 9.39. The standard InChI is InChI=1S/C16H24O4/c1-12(17)13-6-7-15(18-4)14(10-13)11-20-9-8-16(2,3)19-5/h6-7,10H,8-9,11H2,1-5H3. The minimum Gasteiger partial charge on any atom is -0.496 e. The van der Waals surface area contributed by atoms with E-state index in [2.05, 4.69) is 0 Å². The second kappa shape index (κ2) is 7.41. The summed E-state index contributed by atoms with van der Waals surface area (Å²) in [5.74, 6) is 0.774. The number of rotatable bonds is 8. The van der Waals surface area contributed by atoms with Gasteiger partial charge in [0.25, 0.3) is 0 Å². The predicted octanol–water partition coefficient (Wildman–Crippen LogP) is 3.23. The maximum absolute atomic E-state index is 11.4. The summed E-state index contributed by atoms with van der Waals surface area (Å²) in [5.41, 5.74) is 1.36. The molecular formula is C16H24O4. The number of Topliss-reactive ketones (excluding diaryl/α,β-unsaturated/α-hetero) is 1. The van der Waals surface area contributed by atoms with Gasteiger partial charge < -0.3 is 14.2 Å². The van der Waals surface area contributed by atoms with Gasteiger partial charge in [-0.05, 0) is 45.4 Å². The smallest absolute Gasteiger partial charge is 0.159 e. The number of hydrogen-bond acceptors (Lipinski definition) is 4. The molecule has 0 fully saturated rings. The van der Waals surface area contributed by atoms with Crippen LogP contribution in [0.4, 0.5) is 0 Å². The largest absolute Gasteiger partial charge is 0.496 e. The second-order valence-corrected chi connectivity index (χ2v) is 5.35. The van der Waals surface area contributed by atoms with Crippen molar-refractivity contribution in [3.05, 3.63) is 29.3 Å². The Bertz CT molecular complexity index is 452. The molecule has 1 aromatic rings. The van der Waals surface area contributed by atoms with Crippen LogP contribution >= 0.6 is 0 Å². The van der Waals surface area contributed by atoms with Crippen LogP contribution in [-0.2, 0) is 16.1 Å². The van der Waals surface area contributed by atoms with E-state index in [1.807, 2.05) is 19.9 Å². The lowest BCUT2D eigenvalue weighted by Gasteiger charge is -2.22. The van der Waals surface area contributed by atoms with Crippen LogP contribution in [0, 0.1) is 0 Å². The van der Waals surface area contributed by atoms with Gasteiger partial charge in [-0.15, -0.1) is 0 Å². The zero-order chi connectivity index (χ0) is 15.2. The summed E-state index contributed by atoms with van der Waals surface area (Å²) in [6.45, 7) is 6.60. The summed E-state index contributed by atoms with van der Waals surface area (Å²) in [7, 11) is 3.31. The molecule has 0 unspecified atom stereocenters. The van der Waals surface area contributed by atoms with E-state index in [-0.39, 0.29) is 11.4 Å². The van der Waals surface area contributed by atoms with E-state index in [0.717, 1.165) is 17.7 Å². The van der Waals surface area contributed by atoms with Crippen molar-refractivity contribution in [3.63, 3.8) is 0 Å². The molecule has 0 amide bonds. The Labute approximate surface area is 121 Å². The van der Waals surface area contributed by atoms with Crippen LogP contribution < -0.4 is 4.74 Å². The molecule has 1 rings (SSSR count). The van der Waals surface area contributed by atoms with Crippen molar-refractivity contribution in [2.24, 2.45) is 0 Å². The van der Waals surface area contributed by atoms with Crippen molar-refractivity contribution in [1.82, 2.24) is 0 Å². The van der Waals surface area contributed by atoms with Gasteiger partial charge in [0.15, 0.2) is 5.78 Å². The molecule has 1 aromatic carbocycles. The van der Waals surface area contributed by atoms with E-state index < -0.39 is 0 Å². The summed E-state index contributed by atoms with van der Waals surface area (Å²) < 4.78 is 16.3. The van der Waals surface area contributed by atoms with Crippen molar-refractivity contribution < 1.29 is 19.0 Å². The van der Waals surface area contributed by atoms with Crippen LogP contribution in [0.2, 0.25) is 0 Å². The van der Waals surface area contributed by atoms with Gasteiger partial charge in [0.2, 0.25) is 0 Å². The number of carbonyl (C=O) groups is 1. The molecule has 0 heterocycles. The molecule has 0 saturated carbocycles. The van der Waals surface area contributed by atoms with Crippen LogP contribution in [-0.4, -0.2) is 32.2 Å². The molecule has 0 saturated heterocycles. The van der Waals surface area contributed by atoms with Crippen LogP contribution in [0.5, 0.6) is 5.75 Å². The average Bonchev–Trinajstić information content (AvgIpc) is 2.43. The molecule has 4 nitrogen and oxygen atoms in total. The normalized spacial score (nSPS) is 11.4. The fourth-order valence-corrected chi connectivity index (χ4v) is 1.71. The lowest BCUT2D eigenvalue weighted by Crippen LogP contribution is -2.24. The third-order valence-electron chi connectivity index (χ3n) is 3.35. The van der Waals surface area contributed by atoms with Crippen LogP contribution in [0.25, 0.3) is 0 Å². The molecule has 0 aliphatic rings. The second-order valence-electron chi connectivity index (χ2n) is 5.35. The van der Waals surface area contributed by atoms with Crippen molar-refractivity contribution >= 4 is 5.78 Å². The Morgan fingerprint density at radius 1 is 1.25 bits per heavy atom. The fourth-order valence-electron chi connectivity index (χ4n) is 1.71. The number of methoxy groups -OCH3 is 2. The fraction of sp³-hybridized carbons (Fsp3) is 0.562. The highest BCUT2D eigenvalue weighted by atomic mass is 16.5.